The highest BCUT2D eigenvalue weighted by atomic mass is 16.5. The van der Waals surface area contributed by atoms with E-state index >= 15 is 0 Å². The van der Waals surface area contributed by atoms with Crippen molar-refractivity contribution < 1.29 is 9.53 Å². The zero-order valence-corrected chi connectivity index (χ0v) is 14.6. The fourth-order valence-corrected chi connectivity index (χ4v) is 2.28. The maximum atomic E-state index is 12.5. The Morgan fingerprint density at radius 1 is 0.962 bits per heavy atom. The van der Waals surface area contributed by atoms with Crippen molar-refractivity contribution >= 4 is 17.4 Å². The second kappa shape index (κ2) is 8.11. The number of hydrogen-bond donors (Lipinski definition) is 2. The average Bonchev–Trinajstić information content (AvgIpc) is 2.64. The van der Waals surface area contributed by atoms with Gasteiger partial charge in [-0.25, -0.2) is 9.97 Å². The number of benzene rings is 2. The molecule has 26 heavy (non-hydrogen) atoms. The summed E-state index contributed by atoms with van der Waals surface area (Å²) in [6.07, 6.45) is 2.99. The van der Waals surface area contributed by atoms with E-state index in [9.17, 15) is 4.79 Å². The van der Waals surface area contributed by atoms with Crippen molar-refractivity contribution in [2.75, 3.05) is 10.6 Å². The first-order valence-electron chi connectivity index (χ1n) is 8.33. The molecule has 0 saturated carbocycles. The fourth-order valence-electron chi connectivity index (χ4n) is 2.28. The van der Waals surface area contributed by atoms with Crippen molar-refractivity contribution in [1.29, 1.82) is 0 Å². The summed E-state index contributed by atoms with van der Waals surface area (Å²) in [5, 5.41) is 5.95. The van der Waals surface area contributed by atoms with Gasteiger partial charge in [-0.05, 0) is 38.1 Å². The van der Waals surface area contributed by atoms with Gasteiger partial charge in [-0.1, -0.05) is 30.3 Å². The van der Waals surface area contributed by atoms with Crippen molar-refractivity contribution in [2.45, 2.75) is 19.9 Å². The summed E-state index contributed by atoms with van der Waals surface area (Å²) >= 11 is 0. The highest BCUT2D eigenvalue weighted by Crippen LogP contribution is 2.29. The second-order valence-electron chi connectivity index (χ2n) is 5.95. The smallest absolute Gasteiger partial charge is 0.275 e. The molecule has 3 rings (SSSR count). The number of para-hydroxylation sites is 3. The number of nitrogens with one attached hydrogen (secondary N) is 2. The molecule has 6 nitrogen and oxygen atoms in total. The molecule has 0 radical (unpaired) electrons. The molecular weight excluding hydrogens is 328 g/mol. The Morgan fingerprint density at radius 2 is 1.69 bits per heavy atom. The lowest BCUT2D eigenvalue weighted by Gasteiger charge is -2.12. The Bertz CT molecular complexity index is 864. The molecule has 0 unspecified atom stereocenters. The number of ether oxygens (including phenoxy) is 1. The summed E-state index contributed by atoms with van der Waals surface area (Å²) in [6, 6.07) is 16.9. The van der Waals surface area contributed by atoms with Gasteiger partial charge >= 0.3 is 0 Å². The standard InChI is InChI=1S/C20H20N4O2/c1-14(2)23-19-13-21-17(12-22-19)20(25)24-16-10-6-7-11-18(16)26-15-8-4-3-5-9-15/h3-14H,1-2H3,(H,22,23)(H,24,25). The van der Waals surface area contributed by atoms with Crippen LogP contribution < -0.4 is 15.4 Å². The van der Waals surface area contributed by atoms with E-state index in [0.717, 1.165) is 0 Å². The van der Waals surface area contributed by atoms with Gasteiger partial charge in [0, 0.05) is 6.04 Å². The molecular formula is C20H20N4O2. The van der Waals surface area contributed by atoms with Gasteiger partial charge in [0.15, 0.2) is 5.75 Å². The summed E-state index contributed by atoms with van der Waals surface area (Å²) in [4.78, 5) is 20.8. The molecule has 1 amide bonds. The van der Waals surface area contributed by atoms with Crippen molar-refractivity contribution in [3.8, 4) is 11.5 Å². The van der Waals surface area contributed by atoms with E-state index < -0.39 is 0 Å². The van der Waals surface area contributed by atoms with Crippen LogP contribution >= 0.6 is 0 Å². The van der Waals surface area contributed by atoms with Crippen molar-refractivity contribution in [2.24, 2.45) is 0 Å². The van der Waals surface area contributed by atoms with E-state index in [1.807, 2.05) is 56.3 Å². The average molecular weight is 348 g/mol. The predicted molar refractivity (Wildman–Crippen MR) is 102 cm³/mol. The van der Waals surface area contributed by atoms with Crippen LogP contribution in [0.2, 0.25) is 0 Å². The summed E-state index contributed by atoms with van der Waals surface area (Å²) in [5.74, 6) is 1.53. The molecule has 2 N–H and O–H groups in total. The SMILES string of the molecule is CC(C)Nc1cnc(C(=O)Nc2ccccc2Oc2ccccc2)cn1. The maximum Gasteiger partial charge on any atom is 0.275 e. The normalized spacial score (nSPS) is 10.4. The van der Waals surface area contributed by atoms with Crippen LogP contribution in [0, 0.1) is 0 Å². The molecule has 0 bridgehead atoms. The van der Waals surface area contributed by atoms with Gasteiger partial charge in [0.1, 0.15) is 17.3 Å². The van der Waals surface area contributed by atoms with E-state index in [4.69, 9.17) is 4.74 Å². The molecule has 2 aromatic carbocycles. The number of rotatable bonds is 6. The van der Waals surface area contributed by atoms with Gasteiger partial charge in [0.25, 0.3) is 5.91 Å². The number of hydrogen-bond acceptors (Lipinski definition) is 5. The largest absolute Gasteiger partial charge is 0.455 e. The molecule has 0 aliphatic heterocycles. The van der Waals surface area contributed by atoms with E-state index in [1.54, 1.807) is 18.3 Å². The number of carbonyl (C=O) groups is 1. The summed E-state index contributed by atoms with van der Waals surface area (Å²) in [7, 11) is 0. The Morgan fingerprint density at radius 3 is 2.38 bits per heavy atom. The Labute approximate surface area is 152 Å². The van der Waals surface area contributed by atoms with E-state index in [2.05, 4.69) is 20.6 Å². The zero-order chi connectivity index (χ0) is 18.4. The van der Waals surface area contributed by atoms with Crippen LogP contribution in [-0.2, 0) is 0 Å². The Balaban J connectivity index is 1.73. The topological polar surface area (TPSA) is 76.1 Å². The number of nitrogens with zero attached hydrogens (tertiary/aromatic N) is 2. The van der Waals surface area contributed by atoms with Gasteiger partial charge in [0.2, 0.25) is 0 Å². The van der Waals surface area contributed by atoms with Crippen LogP contribution in [0.5, 0.6) is 11.5 Å². The lowest BCUT2D eigenvalue weighted by molar-refractivity contribution is 0.102. The first-order chi connectivity index (χ1) is 12.6. The molecule has 0 saturated heterocycles. The summed E-state index contributed by atoms with van der Waals surface area (Å²) in [6.45, 7) is 4.01. The van der Waals surface area contributed by atoms with Crippen LogP contribution in [0.25, 0.3) is 0 Å². The highest BCUT2D eigenvalue weighted by Gasteiger charge is 2.12. The van der Waals surface area contributed by atoms with Gasteiger partial charge in [-0.15, -0.1) is 0 Å². The van der Waals surface area contributed by atoms with Crippen LogP contribution in [0.1, 0.15) is 24.3 Å². The minimum atomic E-state index is -0.349. The van der Waals surface area contributed by atoms with Gasteiger partial charge in [-0.2, -0.15) is 0 Å². The minimum Gasteiger partial charge on any atom is -0.455 e. The van der Waals surface area contributed by atoms with Crippen molar-refractivity contribution in [3.05, 3.63) is 72.7 Å². The second-order valence-corrected chi connectivity index (χ2v) is 5.95. The Hall–Kier alpha value is -3.41. The highest BCUT2D eigenvalue weighted by molar-refractivity contribution is 6.03. The molecule has 1 heterocycles. The fraction of sp³-hybridized carbons (Fsp3) is 0.150. The molecule has 0 aliphatic carbocycles. The third-order valence-corrected chi connectivity index (χ3v) is 3.43. The number of aromatic nitrogens is 2. The number of anilines is 2. The molecule has 0 atom stereocenters. The van der Waals surface area contributed by atoms with E-state index in [1.165, 1.54) is 6.20 Å². The van der Waals surface area contributed by atoms with Gasteiger partial charge in [-0.3, -0.25) is 4.79 Å². The maximum absolute atomic E-state index is 12.5. The van der Waals surface area contributed by atoms with Crippen LogP contribution in [0.4, 0.5) is 11.5 Å². The number of carbonyl (C=O) groups excluding carboxylic acids is 1. The molecule has 0 fully saturated rings. The molecule has 0 aliphatic rings. The van der Waals surface area contributed by atoms with Gasteiger partial charge < -0.3 is 15.4 Å². The van der Waals surface area contributed by atoms with E-state index in [-0.39, 0.29) is 17.6 Å². The first kappa shape index (κ1) is 17.4. The molecule has 1 aromatic heterocycles. The predicted octanol–water partition coefficient (Wildman–Crippen LogP) is 4.34. The lowest BCUT2D eigenvalue weighted by Crippen LogP contribution is -2.16. The summed E-state index contributed by atoms with van der Waals surface area (Å²) < 4.78 is 5.85. The van der Waals surface area contributed by atoms with Crippen LogP contribution in [-0.4, -0.2) is 21.9 Å². The number of amides is 1. The monoisotopic (exact) mass is 348 g/mol. The van der Waals surface area contributed by atoms with Crippen LogP contribution in [0.3, 0.4) is 0 Å². The molecule has 6 heteroatoms. The quantitative estimate of drug-likeness (QED) is 0.693. The molecule has 3 aromatic rings. The van der Waals surface area contributed by atoms with Crippen molar-refractivity contribution in [1.82, 2.24) is 9.97 Å². The lowest BCUT2D eigenvalue weighted by atomic mass is 10.2. The van der Waals surface area contributed by atoms with Gasteiger partial charge in [0.05, 0.1) is 18.1 Å². The third kappa shape index (κ3) is 4.57. The summed E-state index contributed by atoms with van der Waals surface area (Å²) in [5.41, 5.74) is 0.793. The third-order valence-electron chi connectivity index (χ3n) is 3.43. The minimum absolute atomic E-state index is 0.230. The zero-order valence-electron chi connectivity index (χ0n) is 14.6. The van der Waals surface area contributed by atoms with Crippen LogP contribution in [0.15, 0.2) is 67.0 Å². The van der Waals surface area contributed by atoms with Crippen molar-refractivity contribution in [3.63, 3.8) is 0 Å². The molecule has 0 spiro atoms. The van der Waals surface area contributed by atoms with E-state index in [0.29, 0.717) is 23.0 Å². The molecule has 132 valence electrons. The first-order valence-corrected chi connectivity index (χ1v) is 8.33. The Kier molecular flexibility index (Phi) is 5.43.